The molecule has 4 aliphatic rings. The molecular weight excluding hydrogens is 2010 g/mol. The van der Waals surface area contributed by atoms with Gasteiger partial charge in [0.05, 0.1) is 128 Å². The largest absolute Gasteiger partial charge is 0.480 e. The molecule has 8 heterocycles. The van der Waals surface area contributed by atoms with Gasteiger partial charge in [0.25, 0.3) is 0 Å². The SMILES string of the molecule is CC(=O)N[C@H]1[C@H](OCCOCCn2cc(CN(CCCCC(C(=O)O)N(Cc3cn(CCOCCO[C@@H]4O[C@H](COC(C)=O)C(OC(C)=O)[C@H](OC(C)=O)[C@H]4NC(C)=O)nn3)Cc3cn(CCOCCO[C@@H]4O[C@H](COC(C)=O)C(OC(C)=O)[C@H](OC(C)=O)[C@H]4NC(C)=O)nn3)Cc3cn(CCOCCO[C@@H]4O[C@H](COC(C)=O)C(OC(C)=O)[C@H](OC(C)=O)[C@H]4NC(C)=O)nn3)nn2)O[C@H](COC(C)=O)[C@@H](OC(C)=O)[C@@H]1OC(C)=O. The Morgan fingerprint density at radius 2 is 0.533 bits per heavy atom. The Kier molecular flexibility index (Phi) is 51.0. The van der Waals surface area contributed by atoms with Crippen LogP contribution in [0.5, 0.6) is 0 Å². The van der Waals surface area contributed by atoms with Crippen molar-refractivity contribution in [1.82, 2.24) is 91.0 Å². The van der Waals surface area contributed by atoms with E-state index in [1.54, 1.807) is 29.7 Å². The number of carboxylic acid groups (broad SMARTS) is 1. The first kappa shape index (κ1) is 122. The van der Waals surface area contributed by atoms with Crippen molar-refractivity contribution < 1.29 is 200 Å². The van der Waals surface area contributed by atoms with Gasteiger partial charge in [-0.2, -0.15) is 0 Å². The number of carboxylic acids is 1. The number of rotatable bonds is 63. The summed E-state index contributed by atoms with van der Waals surface area (Å²) in [5.41, 5.74) is 1.61. The predicted molar refractivity (Wildman–Crippen MR) is 492 cm³/mol. The normalized spacial score (nSPS) is 23.7. The van der Waals surface area contributed by atoms with Crippen LogP contribution in [0.2, 0.25) is 0 Å². The lowest BCUT2D eigenvalue weighted by Crippen LogP contribution is -2.66. The fourth-order valence-corrected chi connectivity index (χ4v) is 16.2. The van der Waals surface area contributed by atoms with Crippen LogP contribution < -0.4 is 21.3 Å². The molecule has 150 heavy (non-hydrogen) atoms. The standard InChI is InChI=1S/C90H134N18O42/c1-49(109)91-74-82(143-61(13)121)78(139-57(9)117)70(45-135-53(5)113)147-87(74)131-33-29-127-25-21-105-41-65(95-99-105)37-103(38-66-42-106(100-96-66)22-26-128-30-34-132-88-75(92-50(2)110)83(144-62(14)122)79(140-58(10)118)71(148-88)46-136-54(6)114)20-18-17-19-69(86(125)126)104(39-67-43-107(101-97-67)23-27-129-31-35-133-89-76(93-51(3)111)84(145-63(15)123)80(141-59(11)119)72(149-89)47-137-55(7)115)40-68-44-108(102-98-68)24-28-130-32-36-134-90-77(94-52(4)112)85(146-64(16)124)81(142-60(12)120)73(150-90)48-138-56(8)116/h41-44,69-85,87-90H,17-40,45-48H2,1-16H3,(H,91,109)(H,92,110)(H,93,111)(H,94,112)(H,125,126)/t69?,70-,71-,72-,73-,74-,75-,76-,77-,78-,79?,80?,81?,82-,83-,84-,85-,87-,88-,89-,90-/m1/s1. The van der Waals surface area contributed by atoms with Gasteiger partial charge in [0, 0.05) is 162 Å². The summed E-state index contributed by atoms with van der Waals surface area (Å²) < 4.78 is 143. The third-order valence-corrected chi connectivity index (χ3v) is 22.0. The second kappa shape index (κ2) is 62.6. The quantitative estimate of drug-likeness (QED) is 0.0160. The Morgan fingerprint density at radius 1 is 0.307 bits per heavy atom. The van der Waals surface area contributed by atoms with Gasteiger partial charge in [-0.25, -0.2) is 18.7 Å². The second-order valence-corrected chi connectivity index (χ2v) is 34.7. The molecule has 4 unspecified atom stereocenters. The van der Waals surface area contributed by atoms with Crippen molar-refractivity contribution in [1.29, 1.82) is 0 Å². The number of hydrogen-bond acceptors (Lipinski definition) is 51. The molecule has 4 aliphatic heterocycles. The number of carbonyl (C=O) groups excluding carboxylic acids is 16. The molecule has 836 valence electrons. The molecule has 0 spiro atoms. The molecule has 4 fully saturated rings. The minimum atomic E-state index is -1.37. The van der Waals surface area contributed by atoms with E-state index in [9.17, 15) is 86.6 Å². The van der Waals surface area contributed by atoms with Crippen molar-refractivity contribution in [2.45, 2.75) is 311 Å². The third-order valence-electron chi connectivity index (χ3n) is 22.0. The van der Waals surface area contributed by atoms with Gasteiger partial charge in [0.15, 0.2) is 74.0 Å². The maximum absolute atomic E-state index is 13.9. The molecule has 0 radical (unpaired) electrons. The Bertz CT molecular complexity index is 4790. The molecule has 0 aromatic carbocycles. The summed E-state index contributed by atoms with van der Waals surface area (Å²) in [7, 11) is 0. The number of ether oxygens (including phenoxy) is 24. The molecule has 21 atom stereocenters. The molecular formula is C90H134N18O42. The van der Waals surface area contributed by atoms with Crippen LogP contribution in [0.25, 0.3) is 0 Å². The van der Waals surface area contributed by atoms with Crippen molar-refractivity contribution >= 4 is 101 Å². The molecule has 4 amide bonds. The number of carbonyl (C=O) groups is 17. The molecule has 4 saturated heterocycles. The van der Waals surface area contributed by atoms with Crippen molar-refractivity contribution in [3.8, 4) is 0 Å². The van der Waals surface area contributed by atoms with E-state index in [2.05, 4.69) is 62.5 Å². The lowest BCUT2D eigenvalue weighted by Gasteiger charge is -2.44. The van der Waals surface area contributed by atoms with Crippen LogP contribution in [0.15, 0.2) is 24.8 Å². The summed E-state index contributed by atoms with van der Waals surface area (Å²) >= 11 is 0. The maximum atomic E-state index is 13.9. The molecule has 8 rings (SSSR count). The summed E-state index contributed by atoms with van der Waals surface area (Å²) in [5, 5.41) is 56.9. The Morgan fingerprint density at radius 3 is 0.747 bits per heavy atom. The highest BCUT2D eigenvalue weighted by Crippen LogP contribution is 2.34. The minimum absolute atomic E-state index is 0.00572. The molecule has 5 N–H and O–H groups in total. The number of nitrogens with zero attached hydrogens (tertiary/aromatic N) is 14. The molecule has 60 heteroatoms. The number of aliphatic carboxylic acids is 1. The summed E-state index contributed by atoms with van der Waals surface area (Å²) in [6, 6.07) is -6.16. The predicted octanol–water partition coefficient (Wildman–Crippen LogP) is -3.86. The first-order chi connectivity index (χ1) is 71.3. The molecule has 4 aromatic heterocycles. The van der Waals surface area contributed by atoms with E-state index in [4.69, 9.17) is 114 Å². The van der Waals surface area contributed by atoms with E-state index < -0.39 is 256 Å². The van der Waals surface area contributed by atoms with Gasteiger partial charge in [-0.3, -0.25) is 91.3 Å². The number of esters is 12. The van der Waals surface area contributed by atoms with Gasteiger partial charge in [-0.15, -0.1) is 20.4 Å². The van der Waals surface area contributed by atoms with Gasteiger partial charge < -0.3 is 140 Å². The highest BCUT2D eigenvalue weighted by atomic mass is 16.8. The first-order valence-electron chi connectivity index (χ1n) is 48.0. The number of hydrogen-bond donors (Lipinski definition) is 5. The average Bonchev–Trinajstić information content (AvgIpc) is 0.909. The Balaban J connectivity index is 0.979. The third kappa shape index (κ3) is 42.8. The molecule has 0 bridgehead atoms. The lowest BCUT2D eigenvalue weighted by atomic mass is 9.96. The van der Waals surface area contributed by atoms with Crippen LogP contribution in [0.4, 0.5) is 0 Å². The number of nitrogens with one attached hydrogen (secondary N) is 4. The monoisotopic (exact) mass is 2140 g/mol. The van der Waals surface area contributed by atoms with E-state index in [1.807, 2.05) is 4.90 Å². The fourth-order valence-electron chi connectivity index (χ4n) is 16.2. The zero-order valence-electron chi connectivity index (χ0n) is 86.2. The minimum Gasteiger partial charge on any atom is -0.480 e. The summed E-state index contributed by atoms with van der Waals surface area (Å²) in [5.74, 6) is -12.7. The summed E-state index contributed by atoms with van der Waals surface area (Å²) in [4.78, 5) is 215. The van der Waals surface area contributed by atoms with Crippen molar-refractivity contribution in [3.63, 3.8) is 0 Å². The van der Waals surface area contributed by atoms with Crippen LogP contribution in [0, 0.1) is 0 Å². The summed E-state index contributed by atoms with van der Waals surface area (Å²) in [6.07, 6.45) is -13.9. The van der Waals surface area contributed by atoms with E-state index in [-0.39, 0.29) is 144 Å². The van der Waals surface area contributed by atoms with E-state index in [1.165, 1.54) is 46.4 Å². The highest BCUT2D eigenvalue weighted by Gasteiger charge is 2.56. The van der Waals surface area contributed by atoms with E-state index in [0.717, 1.165) is 83.1 Å². The zero-order valence-corrected chi connectivity index (χ0v) is 86.2. The van der Waals surface area contributed by atoms with Crippen LogP contribution in [0.3, 0.4) is 0 Å². The summed E-state index contributed by atoms with van der Waals surface area (Å²) in [6.45, 7) is 16.4. The average molecular weight is 2140 g/mol. The zero-order chi connectivity index (χ0) is 110. The second-order valence-electron chi connectivity index (χ2n) is 34.7. The van der Waals surface area contributed by atoms with Gasteiger partial charge in [0.2, 0.25) is 23.6 Å². The smallest absolute Gasteiger partial charge is 0.320 e. The van der Waals surface area contributed by atoms with Gasteiger partial charge in [-0.1, -0.05) is 27.3 Å². The highest BCUT2D eigenvalue weighted by molar-refractivity contribution is 5.77. The van der Waals surface area contributed by atoms with Crippen molar-refractivity contribution in [3.05, 3.63) is 47.6 Å². The van der Waals surface area contributed by atoms with Crippen LogP contribution in [0.1, 0.15) is 153 Å². The topological polar surface area (TPSA) is 709 Å². The lowest BCUT2D eigenvalue weighted by molar-refractivity contribution is -0.279. The molecule has 4 aromatic rings. The van der Waals surface area contributed by atoms with Crippen LogP contribution in [-0.4, -0.2) is 417 Å². The Labute approximate surface area is 860 Å². The van der Waals surface area contributed by atoms with Gasteiger partial charge in [-0.05, 0) is 19.4 Å². The molecule has 0 aliphatic carbocycles. The van der Waals surface area contributed by atoms with Crippen molar-refractivity contribution in [2.75, 3.05) is 112 Å². The number of amides is 4. The first-order valence-corrected chi connectivity index (χ1v) is 48.0. The maximum Gasteiger partial charge on any atom is 0.320 e. The Hall–Kier alpha value is -13.0. The van der Waals surface area contributed by atoms with E-state index >= 15 is 0 Å². The van der Waals surface area contributed by atoms with Gasteiger partial charge in [0.1, 0.15) is 81.1 Å². The van der Waals surface area contributed by atoms with Gasteiger partial charge >= 0.3 is 77.6 Å². The van der Waals surface area contributed by atoms with Crippen molar-refractivity contribution in [2.24, 2.45) is 0 Å². The number of unbranched alkanes of at least 4 members (excludes halogenated alkanes) is 1. The fraction of sp³-hybridized carbons (Fsp3) is 0.722. The molecule has 0 saturated carbocycles. The van der Waals surface area contributed by atoms with Crippen LogP contribution in [-0.2, 0) is 248 Å². The van der Waals surface area contributed by atoms with E-state index in [0.29, 0.717) is 35.7 Å². The van der Waals surface area contributed by atoms with Crippen LogP contribution >= 0.6 is 0 Å². The number of aromatic nitrogens is 12. The molecule has 60 nitrogen and oxygen atoms in total.